The quantitative estimate of drug-likeness (QED) is 0.155. The normalized spacial score (nSPS) is 12.5. The maximum absolute atomic E-state index is 3.58. The molecule has 18 rings (SSSR count). The van der Waals surface area contributed by atoms with Gasteiger partial charge in [-0.25, -0.2) is 0 Å². The molecule has 3 aliphatic rings. The molecule has 80 heavy (non-hydrogen) atoms. The summed E-state index contributed by atoms with van der Waals surface area (Å²) in [5, 5.41) is 22.5. The largest absolute Gasteiger partial charge is 0.309 e. The van der Waals surface area contributed by atoms with E-state index in [0.29, 0.717) is 0 Å². The fourth-order valence-electron chi connectivity index (χ4n) is 13.7. The van der Waals surface area contributed by atoms with E-state index in [9.17, 15) is 0 Å². The van der Waals surface area contributed by atoms with E-state index in [1.807, 2.05) is 0 Å². The maximum atomic E-state index is 3.58. The predicted octanol–water partition coefficient (Wildman–Crippen LogP) is 22.7. The highest BCUT2D eigenvalue weighted by Gasteiger charge is 2.31. The summed E-state index contributed by atoms with van der Waals surface area (Å²) in [6, 6.07) is 92.9. The molecular weight excluding hydrogens is 1030 g/mol. The number of allylic oxidation sites excluding steroid dienone is 1. The molecule has 0 fully saturated rings. The van der Waals surface area contributed by atoms with Gasteiger partial charge in [-0.15, -0.1) is 0 Å². The van der Waals surface area contributed by atoms with Gasteiger partial charge in [0, 0.05) is 26.7 Å². The van der Waals surface area contributed by atoms with Crippen LogP contribution in [0.4, 0.5) is 0 Å². The van der Waals surface area contributed by atoms with Crippen molar-refractivity contribution in [3.8, 4) is 28.1 Å². The van der Waals surface area contributed by atoms with Gasteiger partial charge < -0.3 is 4.57 Å². The van der Waals surface area contributed by atoms with Crippen molar-refractivity contribution in [2.24, 2.45) is 0 Å². The molecule has 380 valence electrons. The Labute approximate surface area is 474 Å². The van der Waals surface area contributed by atoms with Crippen molar-refractivity contribution in [3.63, 3.8) is 0 Å². The second-order valence-electron chi connectivity index (χ2n) is 21.6. The lowest BCUT2D eigenvalue weighted by atomic mass is 9.94. The number of rotatable bonds is 3. The van der Waals surface area contributed by atoms with Crippen LogP contribution >= 0.6 is 15.9 Å². The van der Waals surface area contributed by atoms with Gasteiger partial charge >= 0.3 is 0 Å². The lowest BCUT2D eigenvalue weighted by Crippen LogP contribution is -1.97. The van der Waals surface area contributed by atoms with E-state index in [4.69, 9.17) is 0 Å². The molecule has 15 aromatic rings. The molecule has 1 heterocycles. The van der Waals surface area contributed by atoms with Crippen molar-refractivity contribution >= 4 is 124 Å². The number of para-hydroxylation sites is 1. The molecule has 0 radical (unpaired) electrons. The van der Waals surface area contributed by atoms with Gasteiger partial charge in [-0.1, -0.05) is 273 Å². The lowest BCUT2D eigenvalue weighted by Gasteiger charge is -2.15. The molecule has 0 unspecified atom stereocenters. The predicted molar refractivity (Wildman–Crippen MR) is 350 cm³/mol. The lowest BCUT2D eigenvalue weighted by molar-refractivity contribution is 0.772. The number of benzene rings is 14. The first kappa shape index (κ1) is 48.1. The summed E-state index contributed by atoms with van der Waals surface area (Å²) in [4.78, 5) is 0. The average molecular weight is 1090 g/mol. The summed E-state index contributed by atoms with van der Waals surface area (Å²) < 4.78 is 3.61. The second kappa shape index (κ2) is 19.7. The van der Waals surface area contributed by atoms with Crippen LogP contribution in [0.25, 0.3) is 136 Å². The SMILES string of the molecule is Brc1ccc2c3ccccc3c3ccccc3c2c1.CCCCC.c1cc2c3c(cccc3c1)-c1c-2c2ccccc2n1-c1ccc2c3ccccc3c3ccccc3c2c1.c1ccc2c(c1)CC1=C2c2cccc3cccc1c23. The average Bonchev–Trinajstić information content (AvgIpc) is 4.45. The van der Waals surface area contributed by atoms with E-state index < -0.39 is 0 Å². The van der Waals surface area contributed by atoms with Crippen molar-refractivity contribution in [2.45, 2.75) is 39.5 Å². The van der Waals surface area contributed by atoms with E-state index in [1.165, 1.54) is 178 Å². The van der Waals surface area contributed by atoms with E-state index in [2.05, 4.69) is 289 Å². The molecule has 0 saturated heterocycles. The summed E-state index contributed by atoms with van der Waals surface area (Å²) in [5.74, 6) is 0. The van der Waals surface area contributed by atoms with Gasteiger partial charge in [0.2, 0.25) is 0 Å². The van der Waals surface area contributed by atoms with E-state index >= 15 is 0 Å². The zero-order chi connectivity index (χ0) is 53.4. The molecule has 2 heteroatoms. The molecule has 1 nitrogen and oxygen atoms in total. The highest BCUT2D eigenvalue weighted by Crippen LogP contribution is 2.54. The van der Waals surface area contributed by atoms with Crippen molar-refractivity contribution in [3.05, 3.63) is 282 Å². The Morgan fingerprint density at radius 3 is 1.34 bits per heavy atom. The molecule has 0 N–H and O–H groups in total. The van der Waals surface area contributed by atoms with Crippen LogP contribution in [0.3, 0.4) is 0 Å². The number of nitrogens with zero attached hydrogens (tertiary/aromatic N) is 1. The first-order valence-electron chi connectivity index (χ1n) is 28.4. The first-order valence-corrected chi connectivity index (χ1v) is 29.2. The number of unbranched alkanes of at least 4 members (excludes halogenated alkanes) is 2. The second-order valence-corrected chi connectivity index (χ2v) is 22.6. The topological polar surface area (TPSA) is 4.93 Å². The minimum atomic E-state index is 1.08. The Bertz CT molecular complexity index is 4970. The zero-order valence-corrected chi connectivity index (χ0v) is 46.5. The van der Waals surface area contributed by atoms with Crippen molar-refractivity contribution in [2.75, 3.05) is 0 Å². The van der Waals surface area contributed by atoms with Crippen molar-refractivity contribution < 1.29 is 0 Å². The molecule has 0 aliphatic heterocycles. The zero-order valence-electron chi connectivity index (χ0n) is 44.9. The Balaban J connectivity index is 0.000000108. The molecule has 3 aliphatic carbocycles. The van der Waals surface area contributed by atoms with Crippen LogP contribution in [0.5, 0.6) is 0 Å². The fourth-order valence-corrected chi connectivity index (χ4v) is 14.1. The van der Waals surface area contributed by atoms with Crippen LogP contribution in [0.1, 0.15) is 55.4 Å². The van der Waals surface area contributed by atoms with Gasteiger partial charge in [0.25, 0.3) is 0 Å². The standard InChI is InChI=1S/C36H21N.C19H12.C18H11Br.C5H12/c1-2-13-26-24(11-1)25-12-3-4-14-27(25)32-21-23(19-20-28(26)32)37-33-18-6-5-15-29(33)35-30-16-7-9-22-10-8-17-31(34(22)30)36(35)37;1-2-8-14-13(5-1)11-17-15-9-3-6-12-7-4-10-16(18(12)15)19(14)17;19-12-9-10-17-15-7-2-1-5-13(15)14-6-3-4-8-16(14)18(17)11-12;1-3-5-4-2/h1-21H;1-10H,11H2;1-11H;3-5H2,1-2H3. The summed E-state index contributed by atoms with van der Waals surface area (Å²) in [7, 11) is 0. The Kier molecular flexibility index (Phi) is 11.8. The minimum absolute atomic E-state index is 1.08. The number of hydrogen-bond donors (Lipinski definition) is 0. The third-order valence-corrected chi connectivity index (χ3v) is 17.7. The van der Waals surface area contributed by atoms with E-state index in [-0.39, 0.29) is 0 Å². The molecule has 0 bridgehead atoms. The van der Waals surface area contributed by atoms with Gasteiger partial charge in [-0.2, -0.15) is 0 Å². The first-order chi connectivity index (χ1) is 39.6. The summed E-state index contributed by atoms with van der Waals surface area (Å²) in [6.45, 7) is 4.42. The summed E-state index contributed by atoms with van der Waals surface area (Å²) >= 11 is 3.58. The van der Waals surface area contributed by atoms with Gasteiger partial charge in [-0.3, -0.25) is 0 Å². The smallest absolute Gasteiger partial charge is 0.0626 e. The van der Waals surface area contributed by atoms with Crippen LogP contribution in [0, 0.1) is 0 Å². The number of hydrogen-bond acceptors (Lipinski definition) is 0. The van der Waals surface area contributed by atoms with Crippen LogP contribution in [0.15, 0.2) is 259 Å². The van der Waals surface area contributed by atoms with Gasteiger partial charge in [0.05, 0.1) is 11.2 Å². The van der Waals surface area contributed by atoms with Crippen LogP contribution < -0.4 is 0 Å². The third-order valence-electron chi connectivity index (χ3n) is 17.2. The summed E-state index contributed by atoms with van der Waals surface area (Å²) in [6.07, 6.45) is 5.16. The van der Waals surface area contributed by atoms with Crippen LogP contribution in [-0.2, 0) is 6.42 Å². The Hall–Kier alpha value is -9.08. The Morgan fingerprint density at radius 2 is 0.775 bits per heavy atom. The van der Waals surface area contributed by atoms with Crippen LogP contribution in [0.2, 0.25) is 0 Å². The van der Waals surface area contributed by atoms with E-state index in [1.54, 1.807) is 0 Å². The van der Waals surface area contributed by atoms with Crippen molar-refractivity contribution in [1.82, 2.24) is 4.57 Å². The molecule has 0 spiro atoms. The van der Waals surface area contributed by atoms with Crippen molar-refractivity contribution in [1.29, 1.82) is 0 Å². The molecule has 14 aromatic carbocycles. The molecule has 1 aromatic heterocycles. The van der Waals surface area contributed by atoms with E-state index in [0.717, 1.165) is 10.9 Å². The number of halogens is 1. The minimum Gasteiger partial charge on any atom is -0.309 e. The maximum Gasteiger partial charge on any atom is 0.0626 e. The molecule has 0 amide bonds. The third kappa shape index (κ3) is 7.57. The molecular formula is C78H56BrN. The Morgan fingerprint density at radius 1 is 0.350 bits per heavy atom. The van der Waals surface area contributed by atoms with Crippen LogP contribution in [-0.4, -0.2) is 4.57 Å². The molecule has 0 saturated carbocycles. The van der Waals surface area contributed by atoms with Gasteiger partial charge in [0.1, 0.15) is 0 Å². The highest BCUT2D eigenvalue weighted by molar-refractivity contribution is 9.10. The number of fused-ring (bicyclic) bond motifs is 21. The monoisotopic (exact) mass is 1090 g/mol. The van der Waals surface area contributed by atoms with Gasteiger partial charge in [0.15, 0.2) is 0 Å². The fraction of sp³-hybridized carbons (Fsp3) is 0.0769. The molecule has 0 atom stereocenters. The summed E-state index contributed by atoms with van der Waals surface area (Å²) in [5.41, 5.74) is 16.5. The highest BCUT2D eigenvalue weighted by atomic mass is 79.9. The van der Waals surface area contributed by atoms with Gasteiger partial charge in [-0.05, 0) is 162 Å². The number of aromatic nitrogens is 1.